The molecule has 4 rings (SSSR count). The Labute approximate surface area is 211 Å². The highest BCUT2D eigenvalue weighted by molar-refractivity contribution is 5.96. The van der Waals surface area contributed by atoms with E-state index in [0.29, 0.717) is 17.1 Å². The van der Waals surface area contributed by atoms with Crippen LogP contribution in [0.2, 0.25) is 0 Å². The molecule has 1 aliphatic carbocycles. The van der Waals surface area contributed by atoms with Gasteiger partial charge in [-0.1, -0.05) is 43.5 Å². The summed E-state index contributed by atoms with van der Waals surface area (Å²) in [7, 11) is 3.20. The predicted molar refractivity (Wildman–Crippen MR) is 136 cm³/mol. The molecule has 2 aromatic carbocycles. The molecule has 1 heterocycles. The first kappa shape index (κ1) is 25.2. The van der Waals surface area contributed by atoms with E-state index in [9.17, 15) is 9.59 Å². The summed E-state index contributed by atoms with van der Waals surface area (Å²) in [6, 6.07) is 13.9. The smallest absolute Gasteiger partial charge is 0.275 e. The van der Waals surface area contributed by atoms with Gasteiger partial charge in [-0.3, -0.25) is 14.6 Å². The second-order valence-corrected chi connectivity index (χ2v) is 8.89. The number of hydrogen-bond donors (Lipinski definition) is 1. The van der Waals surface area contributed by atoms with Crippen LogP contribution in [0.25, 0.3) is 0 Å². The van der Waals surface area contributed by atoms with Crippen molar-refractivity contribution in [2.45, 2.75) is 50.7 Å². The van der Waals surface area contributed by atoms with Gasteiger partial charge in [0.1, 0.15) is 23.2 Å². The molecule has 0 aliphatic heterocycles. The number of carbonyl (C=O) groups excluding carboxylic acids is 2. The molecule has 0 spiro atoms. The first-order valence-electron chi connectivity index (χ1n) is 12.2. The molecular weight excluding hydrogens is 456 g/mol. The predicted octanol–water partition coefficient (Wildman–Crippen LogP) is 4.33. The van der Waals surface area contributed by atoms with E-state index in [1.165, 1.54) is 25.0 Å². The van der Waals surface area contributed by atoms with Gasteiger partial charge in [0.15, 0.2) is 0 Å². The van der Waals surface area contributed by atoms with Crippen LogP contribution in [-0.4, -0.2) is 46.9 Å². The lowest BCUT2D eigenvalue weighted by molar-refractivity contribution is -0.127. The monoisotopic (exact) mass is 488 g/mol. The van der Waals surface area contributed by atoms with Crippen LogP contribution < -0.4 is 14.8 Å². The van der Waals surface area contributed by atoms with E-state index < -0.39 is 6.04 Å². The number of aromatic nitrogens is 2. The quantitative estimate of drug-likeness (QED) is 0.482. The van der Waals surface area contributed by atoms with Gasteiger partial charge in [-0.15, -0.1) is 0 Å². The summed E-state index contributed by atoms with van der Waals surface area (Å²) >= 11 is 0. The number of carbonyl (C=O) groups is 2. The third-order valence-electron chi connectivity index (χ3n) is 6.50. The minimum atomic E-state index is -0.866. The fourth-order valence-electron chi connectivity index (χ4n) is 4.55. The van der Waals surface area contributed by atoms with E-state index in [-0.39, 0.29) is 30.1 Å². The van der Waals surface area contributed by atoms with Crippen LogP contribution in [0.3, 0.4) is 0 Å². The Morgan fingerprint density at radius 2 is 1.58 bits per heavy atom. The van der Waals surface area contributed by atoms with E-state index in [0.717, 1.165) is 31.2 Å². The average Bonchev–Trinajstić information content (AvgIpc) is 2.94. The molecule has 1 aromatic heterocycles. The third kappa shape index (κ3) is 6.19. The van der Waals surface area contributed by atoms with Gasteiger partial charge in [-0.05, 0) is 48.2 Å². The summed E-state index contributed by atoms with van der Waals surface area (Å²) in [6.45, 7) is 0.203. The number of benzene rings is 2. The molecule has 0 bridgehead atoms. The van der Waals surface area contributed by atoms with E-state index in [2.05, 4.69) is 15.3 Å². The summed E-state index contributed by atoms with van der Waals surface area (Å²) in [5, 5.41) is 3.22. The number of rotatable bonds is 9. The molecule has 0 unspecified atom stereocenters. The first-order chi connectivity index (χ1) is 17.6. The molecular formula is C28H32N4O4. The van der Waals surface area contributed by atoms with Gasteiger partial charge < -0.3 is 19.7 Å². The molecule has 8 heteroatoms. The highest BCUT2D eigenvalue weighted by Crippen LogP contribution is 2.28. The van der Waals surface area contributed by atoms with Crippen LogP contribution in [0.1, 0.15) is 59.8 Å². The molecule has 36 heavy (non-hydrogen) atoms. The highest BCUT2D eigenvalue weighted by Gasteiger charge is 2.34. The standard InChI is InChI=1S/C28H32N4O4/c1-35-23-12-8-20(9-13-23)19-32(28(34)25-18-29-16-17-30-25)26(21-10-14-24(36-2)15-11-21)27(33)31-22-6-4-3-5-7-22/h8-18,22,26H,3-7,19H2,1-2H3,(H,31,33)/t26-/m1/s1. The van der Waals surface area contributed by atoms with E-state index in [4.69, 9.17) is 9.47 Å². The second kappa shape index (κ2) is 12.2. The van der Waals surface area contributed by atoms with Crippen molar-refractivity contribution in [1.82, 2.24) is 20.2 Å². The Morgan fingerprint density at radius 1 is 0.944 bits per heavy atom. The van der Waals surface area contributed by atoms with Gasteiger partial charge in [0, 0.05) is 25.0 Å². The van der Waals surface area contributed by atoms with Crippen LogP contribution in [0.15, 0.2) is 67.1 Å². The molecule has 0 saturated heterocycles. The minimum Gasteiger partial charge on any atom is -0.497 e. The molecule has 0 radical (unpaired) electrons. The van der Waals surface area contributed by atoms with Crippen molar-refractivity contribution in [3.05, 3.63) is 83.9 Å². The van der Waals surface area contributed by atoms with Gasteiger partial charge in [-0.25, -0.2) is 4.98 Å². The second-order valence-electron chi connectivity index (χ2n) is 8.89. The number of methoxy groups -OCH3 is 2. The molecule has 1 N–H and O–H groups in total. The lowest BCUT2D eigenvalue weighted by Crippen LogP contribution is -2.47. The van der Waals surface area contributed by atoms with Crippen molar-refractivity contribution < 1.29 is 19.1 Å². The Balaban J connectivity index is 1.73. The van der Waals surface area contributed by atoms with Crippen molar-refractivity contribution in [2.75, 3.05) is 14.2 Å². The van der Waals surface area contributed by atoms with Crippen molar-refractivity contribution in [3.8, 4) is 11.5 Å². The zero-order valence-corrected chi connectivity index (χ0v) is 20.7. The minimum absolute atomic E-state index is 0.0986. The van der Waals surface area contributed by atoms with E-state index in [1.54, 1.807) is 31.3 Å². The van der Waals surface area contributed by atoms with Crippen LogP contribution in [0.5, 0.6) is 11.5 Å². The Hall–Kier alpha value is -3.94. The number of ether oxygens (including phenoxy) is 2. The summed E-state index contributed by atoms with van der Waals surface area (Å²) in [5.41, 5.74) is 1.72. The summed E-state index contributed by atoms with van der Waals surface area (Å²) < 4.78 is 10.6. The summed E-state index contributed by atoms with van der Waals surface area (Å²) in [6.07, 6.45) is 9.66. The molecule has 188 valence electrons. The van der Waals surface area contributed by atoms with Crippen molar-refractivity contribution in [1.29, 1.82) is 0 Å². The van der Waals surface area contributed by atoms with Crippen LogP contribution in [0.4, 0.5) is 0 Å². The lowest BCUT2D eigenvalue weighted by Gasteiger charge is -2.33. The molecule has 3 aromatic rings. The summed E-state index contributed by atoms with van der Waals surface area (Å²) in [5.74, 6) is 0.802. The van der Waals surface area contributed by atoms with Gasteiger partial charge in [0.25, 0.3) is 5.91 Å². The average molecular weight is 489 g/mol. The van der Waals surface area contributed by atoms with Crippen molar-refractivity contribution >= 4 is 11.8 Å². The zero-order valence-electron chi connectivity index (χ0n) is 20.7. The molecule has 1 fully saturated rings. The largest absolute Gasteiger partial charge is 0.497 e. The molecule has 2 amide bonds. The van der Waals surface area contributed by atoms with Gasteiger partial charge in [0.2, 0.25) is 5.91 Å². The van der Waals surface area contributed by atoms with Crippen LogP contribution in [-0.2, 0) is 11.3 Å². The van der Waals surface area contributed by atoms with Gasteiger partial charge >= 0.3 is 0 Å². The summed E-state index contributed by atoms with van der Waals surface area (Å²) in [4.78, 5) is 37.5. The fraction of sp³-hybridized carbons (Fsp3) is 0.357. The Bertz CT molecular complexity index is 1130. The maximum absolute atomic E-state index is 13.8. The van der Waals surface area contributed by atoms with Gasteiger partial charge in [-0.2, -0.15) is 0 Å². The number of hydrogen-bond acceptors (Lipinski definition) is 6. The third-order valence-corrected chi connectivity index (χ3v) is 6.50. The molecule has 8 nitrogen and oxygen atoms in total. The molecule has 1 atom stereocenters. The Kier molecular flexibility index (Phi) is 8.49. The van der Waals surface area contributed by atoms with Gasteiger partial charge in [0.05, 0.1) is 20.4 Å². The first-order valence-corrected chi connectivity index (χ1v) is 12.2. The maximum atomic E-state index is 13.8. The molecule has 1 aliphatic rings. The number of amides is 2. The van der Waals surface area contributed by atoms with Crippen LogP contribution in [0, 0.1) is 0 Å². The van der Waals surface area contributed by atoms with Crippen LogP contribution >= 0.6 is 0 Å². The number of nitrogens with one attached hydrogen (secondary N) is 1. The number of nitrogens with zero attached hydrogens (tertiary/aromatic N) is 3. The lowest BCUT2D eigenvalue weighted by atomic mass is 9.94. The van der Waals surface area contributed by atoms with Crippen molar-refractivity contribution in [2.24, 2.45) is 0 Å². The normalized spacial score (nSPS) is 14.5. The maximum Gasteiger partial charge on any atom is 0.275 e. The Morgan fingerprint density at radius 3 is 2.17 bits per heavy atom. The SMILES string of the molecule is COc1ccc(CN(C(=O)c2cnccn2)[C@@H](C(=O)NC2CCCCC2)c2ccc(OC)cc2)cc1. The highest BCUT2D eigenvalue weighted by atomic mass is 16.5. The zero-order chi connectivity index (χ0) is 25.3. The van der Waals surface area contributed by atoms with Crippen molar-refractivity contribution in [3.63, 3.8) is 0 Å². The topological polar surface area (TPSA) is 93.7 Å². The van der Waals surface area contributed by atoms with E-state index >= 15 is 0 Å². The fourth-order valence-corrected chi connectivity index (χ4v) is 4.55. The van der Waals surface area contributed by atoms with E-state index in [1.807, 2.05) is 36.4 Å². The molecule has 1 saturated carbocycles.